The van der Waals surface area contributed by atoms with Gasteiger partial charge in [0, 0.05) is 25.6 Å². The first-order valence-electron chi connectivity index (χ1n) is 3.39. The fourth-order valence-corrected chi connectivity index (χ4v) is 1.12. The molecule has 3 N–H and O–H groups in total. The molecule has 0 aromatic rings. The standard InChI is InChI=1S/C6H12FNO2/c7-5-2-8-1-4(3-9)6(5)10/h4-6,8-10H,1-3H2/t4-,5-,6+/m0/s1. The van der Waals surface area contributed by atoms with Crippen molar-refractivity contribution in [3.05, 3.63) is 0 Å². The summed E-state index contributed by atoms with van der Waals surface area (Å²) in [5, 5.41) is 20.4. The van der Waals surface area contributed by atoms with Crippen LogP contribution in [0.5, 0.6) is 0 Å². The summed E-state index contributed by atoms with van der Waals surface area (Å²) in [5.41, 5.74) is 0. The van der Waals surface area contributed by atoms with Crippen molar-refractivity contribution < 1.29 is 14.6 Å². The Kier molecular flexibility index (Phi) is 2.59. The number of aliphatic hydroxyl groups excluding tert-OH is 2. The van der Waals surface area contributed by atoms with Crippen LogP contribution < -0.4 is 5.32 Å². The van der Waals surface area contributed by atoms with Gasteiger partial charge in [0.05, 0.1) is 6.10 Å². The number of hydrogen-bond acceptors (Lipinski definition) is 3. The highest BCUT2D eigenvalue weighted by Crippen LogP contribution is 2.13. The van der Waals surface area contributed by atoms with Gasteiger partial charge in [-0.3, -0.25) is 0 Å². The van der Waals surface area contributed by atoms with Crippen LogP contribution in [0.1, 0.15) is 0 Å². The summed E-state index contributed by atoms with van der Waals surface area (Å²) in [6, 6.07) is 0. The average Bonchev–Trinajstić information content (AvgIpc) is 1.95. The monoisotopic (exact) mass is 149 g/mol. The maximum Gasteiger partial charge on any atom is 0.139 e. The minimum absolute atomic E-state index is 0.158. The molecule has 3 atom stereocenters. The number of aliphatic hydroxyl groups is 2. The SMILES string of the molecule is OC[C@@H]1CNC[C@H](F)[C@@H]1O. The summed E-state index contributed by atoms with van der Waals surface area (Å²) in [4.78, 5) is 0. The summed E-state index contributed by atoms with van der Waals surface area (Å²) in [6.45, 7) is 0.532. The molecule has 0 aliphatic carbocycles. The van der Waals surface area contributed by atoms with Gasteiger partial charge in [0.15, 0.2) is 0 Å². The normalized spacial score (nSPS) is 41.7. The molecule has 1 saturated heterocycles. The lowest BCUT2D eigenvalue weighted by Crippen LogP contribution is -2.49. The van der Waals surface area contributed by atoms with Crippen molar-refractivity contribution in [3.63, 3.8) is 0 Å². The molecule has 4 heteroatoms. The lowest BCUT2D eigenvalue weighted by Gasteiger charge is -2.29. The molecule has 0 radical (unpaired) electrons. The molecule has 0 amide bonds. The second kappa shape index (κ2) is 3.27. The minimum Gasteiger partial charge on any atom is -0.396 e. The van der Waals surface area contributed by atoms with E-state index in [4.69, 9.17) is 10.2 Å². The highest BCUT2D eigenvalue weighted by molar-refractivity contribution is 4.83. The van der Waals surface area contributed by atoms with Crippen molar-refractivity contribution in [1.29, 1.82) is 0 Å². The molecule has 1 rings (SSSR count). The summed E-state index contributed by atoms with van der Waals surface area (Å²) < 4.78 is 12.6. The van der Waals surface area contributed by atoms with Gasteiger partial charge in [0.25, 0.3) is 0 Å². The molecule has 0 bridgehead atoms. The van der Waals surface area contributed by atoms with E-state index in [0.717, 1.165) is 0 Å². The smallest absolute Gasteiger partial charge is 0.139 e. The third-order valence-corrected chi connectivity index (χ3v) is 1.83. The quantitative estimate of drug-likeness (QED) is 0.443. The van der Waals surface area contributed by atoms with Gasteiger partial charge in [-0.2, -0.15) is 0 Å². The van der Waals surface area contributed by atoms with Gasteiger partial charge in [0.1, 0.15) is 6.17 Å². The molecule has 1 heterocycles. The van der Waals surface area contributed by atoms with Gasteiger partial charge in [-0.25, -0.2) is 4.39 Å². The maximum atomic E-state index is 12.6. The molecule has 1 aliphatic heterocycles. The van der Waals surface area contributed by atoms with Crippen LogP contribution in [0.25, 0.3) is 0 Å². The Bertz CT molecular complexity index is 112. The van der Waals surface area contributed by atoms with Crippen molar-refractivity contribution in [1.82, 2.24) is 5.32 Å². The van der Waals surface area contributed by atoms with E-state index in [-0.39, 0.29) is 19.1 Å². The molecule has 0 unspecified atom stereocenters. The van der Waals surface area contributed by atoms with Gasteiger partial charge >= 0.3 is 0 Å². The van der Waals surface area contributed by atoms with E-state index < -0.39 is 12.3 Å². The van der Waals surface area contributed by atoms with Gasteiger partial charge < -0.3 is 15.5 Å². The van der Waals surface area contributed by atoms with Gasteiger partial charge in [0.2, 0.25) is 0 Å². The molecule has 0 spiro atoms. The predicted octanol–water partition coefficient (Wildman–Crippen LogP) is -1.10. The van der Waals surface area contributed by atoms with Crippen LogP contribution >= 0.6 is 0 Å². The second-order valence-electron chi connectivity index (χ2n) is 2.61. The molecule has 60 valence electrons. The Morgan fingerprint density at radius 2 is 2.20 bits per heavy atom. The van der Waals surface area contributed by atoms with Crippen molar-refractivity contribution in [2.24, 2.45) is 5.92 Å². The summed E-state index contributed by atoms with van der Waals surface area (Å²) in [7, 11) is 0. The Balaban J connectivity index is 2.42. The van der Waals surface area contributed by atoms with Crippen LogP contribution in [0.4, 0.5) is 4.39 Å². The number of piperidine rings is 1. The highest BCUT2D eigenvalue weighted by atomic mass is 19.1. The second-order valence-corrected chi connectivity index (χ2v) is 2.61. The van der Waals surface area contributed by atoms with Gasteiger partial charge in [-0.1, -0.05) is 0 Å². The van der Waals surface area contributed by atoms with Crippen LogP contribution in [-0.4, -0.2) is 42.2 Å². The van der Waals surface area contributed by atoms with E-state index >= 15 is 0 Å². The molecule has 0 aromatic carbocycles. The number of halogens is 1. The molecule has 0 saturated carbocycles. The Morgan fingerprint density at radius 3 is 2.70 bits per heavy atom. The Morgan fingerprint density at radius 1 is 1.50 bits per heavy atom. The first-order chi connectivity index (χ1) is 4.75. The minimum atomic E-state index is -1.23. The van der Waals surface area contributed by atoms with Gasteiger partial charge in [-0.05, 0) is 0 Å². The lowest BCUT2D eigenvalue weighted by atomic mass is 9.96. The molecular formula is C6H12FNO2. The zero-order valence-electron chi connectivity index (χ0n) is 5.63. The lowest BCUT2D eigenvalue weighted by molar-refractivity contribution is -0.0122. The first kappa shape index (κ1) is 7.91. The highest BCUT2D eigenvalue weighted by Gasteiger charge is 2.30. The molecule has 3 nitrogen and oxygen atoms in total. The van der Waals surface area contributed by atoms with Crippen LogP contribution in [0.2, 0.25) is 0 Å². The van der Waals surface area contributed by atoms with Crippen LogP contribution in [0.15, 0.2) is 0 Å². The van der Waals surface area contributed by atoms with Crippen LogP contribution in [0, 0.1) is 5.92 Å². The number of rotatable bonds is 1. The van der Waals surface area contributed by atoms with Crippen molar-refractivity contribution in [3.8, 4) is 0 Å². The zero-order valence-corrected chi connectivity index (χ0v) is 5.63. The van der Waals surface area contributed by atoms with E-state index in [2.05, 4.69) is 5.32 Å². The Hall–Kier alpha value is -0.190. The largest absolute Gasteiger partial charge is 0.396 e. The third-order valence-electron chi connectivity index (χ3n) is 1.83. The summed E-state index contributed by atoms with van der Waals surface area (Å²) >= 11 is 0. The number of hydrogen-bond donors (Lipinski definition) is 3. The first-order valence-corrected chi connectivity index (χ1v) is 3.39. The summed E-state index contributed by atoms with van der Waals surface area (Å²) in [5.74, 6) is -0.344. The van der Waals surface area contributed by atoms with E-state index in [1.807, 2.05) is 0 Å². The molecular weight excluding hydrogens is 137 g/mol. The Labute approximate surface area is 58.9 Å². The third kappa shape index (κ3) is 1.45. The van der Waals surface area contributed by atoms with Crippen LogP contribution in [-0.2, 0) is 0 Å². The fourth-order valence-electron chi connectivity index (χ4n) is 1.12. The topological polar surface area (TPSA) is 52.5 Å². The zero-order chi connectivity index (χ0) is 7.56. The maximum absolute atomic E-state index is 12.6. The van der Waals surface area contributed by atoms with Crippen molar-refractivity contribution in [2.45, 2.75) is 12.3 Å². The molecule has 1 aliphatic rings. The van der Waals surface area contributed by atoms with E-state index in [1.165, 1.54) is 0 Å². The van der Waals surface area contributed by atoms with Crippen molar-refractivity contribution in [2.75, 3.05) is 19.7 Å². The number of nitrogens with one attached hydrogen (secondary N) is 1. The van der Waals surface area contributed by atoms with E-state index in [9.17, 15) is 4.39 Å². The van der Waals surface area contributed by atoms with Gasteiger partial charge in [-0.15, -0.1) is 0 Å². The molecule has 10 heavy (non-hydrogen) atoms. The van der Waals surface area contributed by atoms with Crippen LogP contribution in [0.3, 0.4) is 0 Å². The fraction of sp³-hybridized carbons (Fsp3) is 1.00. The predicted molar refractivity (Wildman–Crippen MR) is 34.3 cm³/mol. The van der Waals surface area contributed by atoms with E-state index in [0.29, 0.717) is 6.54 Å². The summed E-state index contributed by atoms with van der Waals surface area (Å²) in [6.07, 6.45) is -2.22. The number of alkyl halides is 1. The molecule has 0 aromatic heterocycles. The van der Waals surface area contributed by atoms with E-state index in [1.54, 1.807) is 0 Å². The average molecular weight is 149 g/mol. The molecule has 1 fully saturated rings. The van der Waals surface area contributed by atoms with Crippen molar-refractivity contribution >= 4 is 0 Å².